The zero-order valence-corrected chi connectivity index (χ0v) is 20.6. The summed E-state index contributed by atoms with van der Waals surface area (Å²) in [5.74, 6) is -0.597. The third-order valence-corrected chi connectivity index (χ3v) is 5.32. The lowest BCUT2D eigenvalue weighted by molar-refractivity contribution is -0.146. The first-order valence-electron chi connectivity index (χ1n) is 11.0. The van der Waals surface area contributed by atoms with Gasteiger partial charge in [0, 0.05) is 18.0 Å². The summed E-state index contributed by atoms with van der Waals surface area (Å²) in [5, 5.41) is 15.5. The number of carbonyl (C=O) groups excluding carboxylic acids is 1. The first-order chi connectivity index (χ1) is 16.6. The number of hydrogen-bond donors (Lipinski definition) is 3. The molecule has 182 valence electrons. The number of ether oxygens (including phenoxy) is 1. The summed E-state index contributed by atoms with van der Waals surface area (Å²) in [6, 6.07) is 17.8. The number of rotatable bonds is 7. The smallest absolute Gasteiger partial charge is 0.413 e. The number of alkyl carbamates (subject to hydrolysis) is 1. The van der Waals surface area contributed by atoms with Gasteiger partial charge in [-0.25, -0.2) is 19.6 Å². The summed E-state index contributed by atoms with van der Waals surface area (Å²) in [7, 11) is 0. The van der Waals surface area contributed by atoms with Crippen LogP contribution in [0.25, 0.3) is 11.4 Å². The number of carboxylic acid groups (broad SMARTS) is 1. The number of nitrogens with one attached hydrogen (secondary N) is 2. The van der Waals surface area contributed by atoms with Gasteiger partial charge in [0.05, 0.1) is 0 Å². The van der Waals surface area contributed by atoms with Crippen molar-refractivity contribution in [3.05, 3.63) is 84.2 Å². The van der Waals surface area contributed by atoms with Crippen LogP contribution in [0.3, 0.4) is 0 Å². The zero-order valence-electron chi connectivity index (χ0n) is 19.8. The van der Waals surface area contributed by atoms with E-state index >= 15 is 0 Å². The molecule has 0 aliphatic heterocycles. The van der Waals surface area contributed by atoms with Crippen molar-refractivity contribution in [2.75, 3.05) is 0 Å². The van der Waals surface area contributed by atoms with Gasteiger partial charge in [-0.05, 0) is 41.2 Å². The summed E-state index contributed by atoms with van der Waals surface area (Å²) in [6.07, 6.45) is 2.69. The largest absolute Gasteiger partial charge is 0.479 e. The van der Waals surface area contributed by atoms with Crippen LogP contribution in [0.15, 0.2) is 73.1 Å². The molecule has 0 saturated carbocycles. The van der Waals surface area contributed by atoms with Crippen LogP contribution < -0.4 is 10.6 Å². The molecule has 1 atom stereocenters. The molecule has 0 aliphatic carbocycles. The van der Waals surface area contributed by atoms with E-state index in [1.165, 1.54) is 0 Å². The minimum Gasteiger partial charge on any atom is -0.479 e. The second kappa shape index (κ2) is 11.1. The predicted octanol–water partition coefficient (Wildman–Crippen LogP) is 4.66. The molecule has 3 rings (SSSR count). The maximum Gasteiger partial charge on any atom is 0.413 e. The molecule has 0 unspecified atom stereocenters. The SMILES string of the molecule is CC(C)(C)C[C@](NC(=S)NC(=O)OCc1ccccc1)(C(=O)O)c1ccc(-c2ncccn2)cc1. The fraction of sp³-hybridized carbons (Fsp3) is 0.269. The molecule has 2 aromatic carbocycles. The van der Waals surface area contributed by atoms with Gasteiger partial charge in [0.15, 0.2) is 16.5 Å². The van der Waals surface area contributed by atoms with Crippen LogP contribution in [0.1, 0.15) is 38.3 Å². The standard InChI is InChI=1S/C26H28N4O4S/c1-25(2,3)17-26(22(31)32,20-12-10-19(11-13-20)21-27-14-7-15-28-21)30-23(35)29-24(33)34-16-18-8-5-4-6-9-18/h4-15H,16-17H2,1-3H3,(H,31,32)(H2,29,30,33,35)/t26-/m1/s1. The lowest BCUT2D eigenvalue weighted by atomic mass is 9.75. The first-order valence-corrected chi connectivity index (χ1v) is 11.4. The van der Waals surface area contributed by atoms with Gasteiger partial charge in [0.2, 0.25) is 0 Å². The quantitative estimate of drug-likeness (QED) is 0.408. The number of carbonyl (C=O) groups is 2. The van der Waals surface area contributed by atoms with E-state index < -0.39 is 23.0 Å². The highest BCUT2D eigenvalue weighted by atomic mass is 32.1. The van der Waals surface area contributed by atoms with Gasteiger partial charge in [0.1, 0.15) is 6.61 Å². The van der Waals surface area contributed by atoms with Crippen molar-refractivity contribution in [1.29, 1.82) is 0 Å². The van der Waals surface area contributed by atoms with Gasteiger partial charge in [0.25, 0.3) is 0 Å². The molecule has 1 heterocycles. The van der Waals surface area contributed by atoms with Crippen LogP contribution in [0.2, 0.25) is 0 Å². The van der Waals surface area contributed by atoms with Crippen molar-refractivity contribution in [3.8, 4) is 11.4 Å². The van der Waals surface area contributed by atoms with E-state index in [0.717, 1.165) is 11.1 Å². The summed E-state index contributed by atoms with van der Waals surface area (Å²) >= 11 is 5.31. The molecule has 8 nitrogen and oxygen atoms in total. The molecule has 35 heavy (non-hydrogen) atoms. The molecule has 9 heteroatoms. The molecule has 1 amide bonds. The summed E-state index contributed by atoms with van der Waals surface area (Å²) < 4.78 is 5.21. The van der Waals surface area contributed by atoms with E-state index in [0.29, 0.717) is 11.4 Å². The number of aromatic nitrogens is 2. The highest BCUT2D eigenvalue weighted by Crippen LogP contribution is 2.36. The normalized spacial score (nSPS) is 12.8. The van der Waals surface area contributed by atoms with E-state index in [1.54, 1.807) is 42.7 Å². The van der Waals surface area contributed by atoms with Gasteiger partial charge in [-0.1, -0.05) is 75.4 Å². The Kier molecular flexibility index (Phi) is 8.14. The molecular formula is C26H28N4O4S. The van der Waals surface area contributed by atoms with Crippen LogP contribution >= 0.6 is 12.2 Å². The minimum atomic E-state index is -1.60. The molecule has 3 aromatic rings. The van der Waals surface area contributed by atoms with Crippen molar-refractivity contribution < 1.29 is 19.4 Å². The Morgan fingerprint density at radius 3 is 2.17 bits per heavy atom. The van der Waals surface area contributed by atoms with E-state index in [-0.39, 0.29) is 18.1 Å². The minimum absolute atomic E-state index is 0.0599. The van der Waals surface area contributed by atoms with Crippen LogP contribution in [0.5, 0.6) is 0 Å². The van der Waals surface area contributed by atoms with E-state index in [9.17, 15) is 14.7 Å². The molecule has 0 fully saturated rings. The van der Waals surface area contributed by atoms with Crippen LogP contribution in [-0.2, 0) is 21.7 Å². The monoisotopic (exact) mass is 492 g/mol. The predicted molar refractivity (Wildman–Crippen MR) is 136 cm³/mol. The average molecular weight is 493 g/mol. The van der Waals surface area contributed by atoms with E-state index in [4.69, 9.17) is 17.0 Å². The van der Waals surface area contributed by atoms with Crippen molar-refractivity contribution in [2.45, 2.75) is 39.3 Å². The van der Waals surface area contributed by atoms with Gasteiger partial charge < -0.3 is 15.2 Å². The molecule has 0 bridgehead atoms. The molecule has 1 aromatic heterocycles. The second-order valence-electron chi connectivity index (χ2n) is 9.24. The molecule has 0 saturated heterocycles. The third kappa shape index (κ3) is 7.07. The van der Waals surface area contributed by atoms with Crippen molar-refractivity contribution >= 4 is 29.4 Å². The third-order valence-electron chi connectivity index (χ3n) is 5.12. The van der Waals surface area contributed by atoms with Crippen molar-refractivity contribution in [3.63, 3.8) is 0 Å². The van der Waals surface area contributed by atoms with Crippen LogP contribution in [0.4, 0.5) is 4.79 Å². The average Bonchev–Trinajstić information content (AvgIpc) is 2.82. The Bertz CT molecular complexity index is 1170. The van der Waals surface area contributed by atoms with Crippen LogP contribution in [-0.4, -0.2) is 32.2 Å². The Morgan fingerprint density at radius 2 is 1.60 bits per heavy atom. The summed E-state index contributed by atoms with van der Waals surface area (Å²) in [6.45, 7) is 5.86. The molecule has 0 radical (unpaired) electrons. The Hall–Kier alpha value is -3.85. The van der Waals surface area contributed by atoms with E-state index in [1.807, 2.05) is 51.1 Å². The topological polar surface area (TPSA) is 113 Å². The summed E-state index contributed by atoms with van der Waals surface area (Å²) in [5.41, 5.74) is 0.0429. The number of carboxylic acids is 1. The maximum atomic E-state index is 12.7. The Labute approximate surface area is 209 Å². The van der Waals surface area contributed by atoms with Gasteiger partial charge in [-0.15, -0.1) is 0 Å². The molecule has 0 aliphatic rings. The van der Waals surface area contributed by atoms with Crippen molar-refractivity contribution in [1.82, 2.24) is 20.6 Å². The lowest BCUT2D eigenvalue weighted by Gasteiger charge is -2.37. The number of nitrogens with zero attached hydrogens (tertiary/aromatic N) is 2. The number of thiocarbonyl (C=S) groups is 1. The number of hydrogen-bond acceptors (Lipinski definition) is 6. The number of amides is 1. The summed E-state index contributed by atoms with van der Waals surface area (Å²) in [4.78, 5) is 33.4. The lowest BCUT2D eigenvalue weighted by Crippen LogP contribution is -2.57. The van der Waals surface area contributed by atoms with Gasteiger partial charge >= 0.3 is 12.1 Å². The molecular weight excluding hydrogens is 464 g/mol. The van der Waals surface area contributed by atoms with Crippen molar-refractivity contribution in [2.24, 2.45) is 5.41 Å². The maximum absolute atomic E-state index is 12.7. The highest BCUT2D eigenvalue weighted by molar-refractivity contribution is 7.80. The molecule has 0 spiro atoms. The van der Waals surface area contributed by atoms with Crippen LogP contribution in [0, 0.1) is 5.41 Å². The number of benzene rings is 2. The number of aliphatic carboxylic acids is 1. The van der Waals surface area contributed by atoms with Gasteiger partial charge in [-0.3, -0.25) is 5.32 Å². The molecule has 3 N–H and O–H groups in total. The fourth-order valence-corrected chi connectivity index (χ4v) is 3.95. The van der Waals surface area contributed by atoms with Gasteiger partial charge in [-0.2, -0.15) is 0 Å². The second-order valence-corrected chi connectivity index (χ2v) is 9.65. The zero-order chi connectivity index (χ0) is 25.5. The first kappa shape index (κ1) is 25.8. The Morgan fingerprint density at radius 1 is 0.971 bits per heavy atom. The fourth-order valence-electron chi connectivity index (χ4n) is 3.70. The highest BCUT2D eigenvalue weighted by Gasteiger charge is 2.44. The van der Waals surface area contributed by atoms with E-state index in [2.05, 4.69) is 20.6 Å². The Balaban J connectivity index is 1.81.